The van der Waals surface area contributed by atoms with Gasteiger partial charge in [0.25, 0.3) is 0 Å². The topological polar surface area (TPSA) is 64.4 Å². The van der Waals surface area contributed by atoms with Gasteiger partial charge in [-0.2, -0.15) is 0 Å². The van der Waals surface area contributed by atoms with E-state index in [1.54, 1.807) is 0 Å². The van der Waals surface area contributed by atoms with Crippen LogP contribution in [0, 0.1) is 5.92 Å². The van der Waals surface area contributed by atoms with Crippen molar-refractivity contribution in [1.82, 2.24) is 5.32 Å². The second-order valence-electron chi connectivity index (χ2n) is 4.39. The fourth-order valence-corrected chi connectivity index (χ4v) is 1.87. The minimum absolute atomic E-state index is 0. The van der Waals surface area contributed by atoms with E-state index in [2.05, 4.69) is 12.2 Å². The lowest BCUT2D eigenvalue weighted by Crippen LogP contribution is -2.37. The number of halogens is 1. The molecule has 1 heterocycles. The molecule has 3 N–H and O–H groups in total. The zero-order valence-electron chi connectivity index (χ0n) is 8.94. The molecule has 5 heteroatoms. The minimum atomic E-state index is -0.253. The van der Waals surface area contributed by atoms with Crippen LogP contribution < -0.4 is 11.1 Å². The molecule has 2 unspecified atom stereocenters. The molecule has 1 aliphatic heterocycles. The van der Waals surface area contributed by atoms with Gasteiger partial charge in [-0.3, -0.25) is 4.79 Å². The Bertz CT molecular complexity index is 237. The summed E-state index contributed by atoms with van der Waals surface area (Å²) in [6, 6.07) is 0.392. The maximum Gasteiger partial charge on any atom is 0.249 e. The van der Waals surface area contributed by atoms with Crippen LogP contribution in [0.15, 0.2) is 0 Å². The summed E-state index contributed by atoms with van der Waals surface area (Å²) >= 11 is 0. The molecule has 2 fully saturated rings. The van der Waals surface area contributed by atoms with Crippen molar-refractivity contribution >= 4 is 18.3 Å². The SMILES string of the molecule is CC1CC1NC(=O)[C@@H]1CC[C@H](CN)O1.Cl. The van der Waals surface area contributed by atoms with Gasteiger partial charge in [0.2, 0.25) is 5.91 Å². The van der Waals surface area contributed by atoms with Gasteiger partial charge >= 0.3 is 0 Å². The van der Waals surface area contributed by atoms with Crippen LogP contribution in [-0.2, 0) is 9.53 Å². The molecule has 0 aromatic rings. The molecular formula is C10H19ClN2O2. The van der Waals surface area contributed by atoms with E-state index in [1.165, 1.54) is 0 Å². The van der Waals surface area contributed by atoms with Crippen molar-refractivity contribution in [2.24, 2.45) is 11.7 Å². The van der Waals surface area contributed by atoms with E-state index in [4.69, 9.17) is 10.5 Å². The van der Waals surface area contributed by atoms with Crippen LogP contribution in [0.2, 0.25) is 0 Å². The first kappa shape index (κ1) is 12.7. The van der Waals surface area contributed by atoms with Gasteiger partial charge in [0.15, 0.2) is 0 Å². The van der Waals surface area contributed by atoms with Crippen LogP contribution in [0.3, 0.4) is 0 Å². The highest BCUT2D eigenvalue weighted by atomic mass is 35.5. The Morgan fingerprint density at radius 3 is 2.67 bits per heavy atom. The van der Waals surface area contributed by atoms with E-state index in [9.17, 15) is 4.79 Å². The van der Waals surface area contributed by atoms with Crippen LogP contribution >= 0.6 is 12.4 Å². The summed E-state index contributed by atoms with van der Waals surface area (Å²) in [5.41, 5.74) is 5.48. The molecule has 2 rings (SSSR count). The van der Waals surface area contributed by atoms with Gasteiger partial charge in [0.05, 0.1) is 6.10 Å². The molecule has 1 amide bonds. The zero-order chi connectivity index (χ0) is 10.1. The lowest BCUT2D eigenvalue weighted by Gasteiger charge is -2.12. The number of nitrogens with two attached hydrogens (primary N) is 1. The second kappa shape index (κ2) is 5.14. The van der Waals surface area contributed by atoms with Gasteiger partial charge in [-0.1, -0.05) is 6.92 Å². The van der Waals surface area contributed by atoms with Crippen LogP contribution in [-0.4, -0.2) is 30.7 Å². The molecule has 88 valence electrons. The van der Waals surface area contributed by atoms with E-state index >= 15 is 0 Å². The lowest BCUT2D eigenvalue weighted by molar-refractivity contribution is -0.132. The molecule has 2 aliphatic rings. The predicted octanol–water partition coefficient (Wildman–Crippen LogP) is 0.439. The molecule has 0 radical (unpaired) electrons. The highest BCUT2D eigenvalue weighted by Crippen LogP contribution is 2.29. The quantitative estimate of drug-likeness (QED) is 0.745. The predicted molar refractivity (Wildman–Crippen MR) is 59.9 cm³/mol. The molecule has 0 spiro atoms. The van der Waals surface area contributed by atoms with E-state index in [1.807, 2.05) is 0 Å². The number of ether oxygens (including phenoxy) is 1. The number of nitrogens with one attached hydrogen (secondary N) is 1. The van der Waals surface area contributed by atoms with Crippen molar-refractivity contribution in [1.29, 1.82) is 0 Å². The number of hydrogen-bond acceptors (Lipinski definition) is 3. The molecule has 15 heavy (non-hydrogen) atoms. The average Bonchev–Trinajstić information content (AvgIpc) is 2.72. The van der Waals surface area contributed by atoms with E-state index in [-0.39, 0.29) is 30.5 Å². The smallest absolute Gasteiger partial charge is 0.249 e. The third kappa shape index (κ3) is 3.06. The van der Waals surface area contributed by atoms with Gasteiger partial charge in [-0.15, -0.1) is 12.4 Å². The largest absolute Gasteiger partial charge is 0.364 e. The molecular weight excluding hydrogens is 216 g/mol. The molecule has 1 aliphatic carbocycles. The molecule has 4 nitrogen and oxygen atoms in total. The number of rotatable bonds is 3. The summed E-state index contributed by atoms with van der Waals surface area (Å²) in [6.45, 7) is 2.66. The zero-order valence-corrected chi connectivity index (χ0v) is 9.76. The molecule has 1 saturated carbocycles. The normalized spacial score (nSPS) is 38.3. The summed E-state index contributed by atoms with van der Waals surface area (Å²) in [5, 5.41) is 2.99. The molecule has 0 bridgehead atoms. The molecule has 0 aromatic heterocycles. The van der Waals surface area contributed by atoms with Crippen LogP contribution in [0.5, 0.6) is 0 Å². The summed E-state index contributed by atoms with van der Waals surface area (Å²) in [6.07, 6.45) is 2.67. The monoisotopic (exact) mass is 234 g/mol. The average molecular weight is 235 g/mol. The Labute approximate surface area is 96.3 Å². The fourth-order valence-electron chi connectivity index (χ4n) is 1.87. The van der Waals surface area contributed by atoms with Crippen molar-refractivity contribution in [2.45, 2.75) is 44.4 Å². The highest BCUT2D eigenvalue weighted by Gasteiger charge is 2.37. The van der Waals surface area contributed by atoms with Gasteiger partial charge in [-0.05, 0) is 25.2 Å². The lowest BCUT2D eigenvalue weighted by atomic mass is 10.2. The second-order valence-corrected chi connectivity index (χ2v) is 4.39. The Balaban J connectivity index is 0.00000112. The molecule has 0 aromatic carbocycles. The van der Waals surface area contributed by atoms with Gasteiger partial charge in [0.1, 0.15) is 6.10 Å². The third-order valence-corrected chi connectivity index (χ3v) is 3.10. The summed E-state index contributed by atoms with van der Waals surface area (Å²) < 4.78 is 5.50. The van der Waals surface area contributed by atoms with Crippen molar-refractivity contribution in [3.63, 3.8) is 0 Å². The summed E-state index contributed by atoms with van der Waals surface area (Å²) in [5.74, 6) is 0.695. The van der Waals surface area contributed by atoms with Crippen molar-refractivity contribution in [3.8, 4) is 0 Å². The van der Waals surface area contributed by atoms with Crippen LogP contribution in [0.1, 0.15) is 26.2 Å². The van der Waals surface area contributed by atoms with Crippen LogP contribution in [0.4, 0.5) is 0 Å². The molecule has 4 atom stereocenters. The van der Waals surface area contributed by atoms with E-state index in [0.717, 1.165) is 19.3 Å². The summed E-state index contributed by atoms with van der Waals surface area (Å²) in [4.78, 5) is 11.6. The van der Waals surface area contributed by atoms with Gasteiger partial charge in [-0.25, -0.2) is 0 Å². The third-order valence-electron chi connectivity index (χ3n) is 3.10. The van der Waals surface area contributed by atoms with Crippen LogP contribution in [0.25, 0.3) is 0 Å². The summed E-state index contributed by atoms with van der Waals surface area (Å²) in [7, 11) is 0. The molecule has 1 saturated heterocycles. The number of amides is 1. The van der Waals surface area contributed by atoms with E-state index in [0.29, 0.717) is 18.5 Å². The Morgan fingerprint density at radius 2 is 2.20 bits per heavy atom. The van der Waals surface area contributed by atoms with Gasteiger partial charge < -0.3 is 15.8 Å². The van der Waals surface area contributed by atoms with Crippen molar-refractivity contribution in [2.75, 3.05) is 6.54 Å². The van der Waals surface area contributed by atoms with E-state index < -0.39 is 0 Å². The van der Waals surface area contributed by atoms with Gasteiger partial charge in [0, 0.05) is 12.6 Å². The van der Waals surface area contributed by atoms with Crippen molar-refractivity contribution in [3.05, 3.63) is 0 Å². The first-order chi connectivity index (χ1) is 6.70. The maximum atomic E-state index is 11.6. The first-order valence-corrected chi connectivity index (χ1v) is 5.36. The number of hydrogen-bond donors (Lipinski definition) is 2. The minimum Gasteiger partial charge on any atom is -0.364 e. The van der Waals surface area contributed by atoms with Crippen molar-refractivity contribution < 1.29 is 9.53 Å². The first-order valence-electron chi connectivity index (χ1n) is 5.36. The fraction of sp³-hybridized carbons (Fsp3) is 0.900. The number of carbonyl (C=O) groups is 1. The highest BCUT2D eigenvalue weighted by molar-refractivity contribution is 5.85. The maximum absolute atomic E-state index is 11.6. The Kier molecular flexibility index (Phi) is 4.37. The Morgan fingerprint density at radius 1 is 1.53 bits per heavy atom. The standard InChI is InChI=1S/C10H18N2O2.ClH/c1-6-4-8(6)12-10(13)9-3-2-7(5-11)14-9;/h6-9H,2-5,11H2,1H3,(H,12,13);1H/t6?,7-,8?,9+;/m1./s1. The number of carbonyl (C=O) groups excluding carboxylic acids is 1. The Hall–Kier alpha value is -0.320.